The van der Waals surface area contributed by atoms with Gasteiger partial charge in [0.1, 0.15) is 6.61 Å². The number of rotatable bonds is 4. The summed E-state index contributed by atoms with van der Waals surface area (Å²) in [6.45, 7) is -0.134. The number of esters is 1. The maximum atomic E-state index is 10.9. The summed E-state index contributed by atoms with van der Waals surface area (Å²) in [6.07, 6.45) is 0. The van der Waals surface area contributed by atoms with E-state index in [0.29, 0.717) is 5.75 Å². The van der Waals surface area contributed by atoms with E-state index in [-0.39, 0.29) is 12.6 Å². The molecule has 86 valence electrons. The second-order valence-electron chi connectivity index (χ2n) is 2.79. The zero-order valence-electron chi connectivity index (χ0n) is 8.86. The lowest BCUT2D eigenvalue weighted by Gasteiger charge is -1.99. The molecule has 0 aromatic carbocycles. The van der Waals surface area contributed by atoms with E-state index in [9.17, 15) is 4.79 Å². The molecule has 1 aromatic heterocycles. The molecule has 0 spiro atoms. The summed E-state index contributed by atoms with van der Waals surface area (Å²) in [5.74, 6) is 6.36. The Kier molecular flexibility index (Phi) is 6.01. The van der Waals surface area contributed by atoms with Crippen LogP contribution in [-0.4, -0.2) is 30.5 Å². The van der Waals surface area contributed by atoms with Gasteiger partial charge in [-0.05, 0) is 11.4 Å². The van der Waals surface area contributed by atoms with Gasteiger partial charge in [0.25, 0.3) is 0 Å². The summed E-state index contributed by atoms with van der Waals surface area (Å²) in [4.78, 5) is 12.0. The molecule has 0 aliphatic carbocycles. The average Bonchev–Trinajstić information content (AvgIpc) is 2.73. The molecule has 0 unspecified atom stereocenters. The molecule has 1 aromatic rings. The second kappa shape index (κ2) is 7.34. The van der Waals surface area contributed by atoms with Crippen LogP contribution < -0.4 is 0 Å². The molecule has 1 rings (SSSR count). The highest BCUT2D eigenvalue weighted by atomic mass is 32.2. The van der Waals surface area contributed by atoms with Crippen molar-refractivity contribution in [2.75, 3.05) is 19.5 Å². The van der Waals surface area contributed by atoms with Crippen LogP contribution in [0.15, 0.2) is 11.4 Å². The van der Waals surface area contributed by atoms with Crippen LogP contribution in [0.2, 0.25) is 0 Å². The molecule has 0 radical (unpaired) electrons. The van der Waals surface area contributed by atoms with Crippen LogP contribution in [0.3, 0.4) is 0 Å². The first-order valence-corrected chi connectivity index (χ1v) is 6.62. The summed E-state index contributed by atoms with van der Waals surface area (Å²) >= 11 is 3.10. The number of methoxy groups -OCH3 is 1. The minimum atomic E-state index is -0.218. The lowest BCUT2D eigenvalue weighted by atomic mass is 10.3. The molecule has 0 saturated carbocycles. The van der Waals surface area contributed by atoms with E-state index in [1.807, 2.05) is 11.4 Å². The van der Waals surface area contributed by atoms with E-state index >= 15 is 0 Å². The average molecular weight is 256 g/mol. The van der Waals surface area contributed by atoms with Gasteiger partial charge < -0.3 is 9.84 Å². The molecule has 5 heteroatoms. The van der Waals surface area contributed by atoms with Crippen LogP contribution in [0.5, 0.6) is 0 Å². The van der Waals surface area contributed by atoms with Gasteiger partial charge in [0.05, 0.1) is 12.9 Å². The number of aliphatic hydroxyl groups excluding tert-OH is 1. The van der Waals surface area contributed by atoms with Crippen molar-refractivity contribution in [1.82, 2.24) is 0 Å². The van der Waals surface area contributed by atoms with Crippen LogP contribution in [0.25, 0.3) is 0 Å². The van der Waals surface area contributed by atoms with E-state index in [4.69, 9.17) is 5.11 Å². The molecule has 0 atom stereocenters. The van der Waals surface area contributed by atoms with Crippen molar-refractivity contribution in [2.45, 2.75) is 5.75 Å². The Morgan fingerprint density at radius 1 is 1.69 bits per heavy atom. The largest absolute Gasteiger partial charge is 0.468 e. The van der Waals surface area contributed by atoms with Crippen LogP contribution in [0, 0.1) is 11.8 Å². The summed E-state index contributed by atoms with van der Waals surface area (Å²) in [5, 5.41) is 10.6. The highest BCUT2D eigenvalue weighted by Gasteiger charge is 2.04. The molecule has 0 saturated heterocycles. The van der Waals surface area contributed by atoms with Crippen molar-refractivity contribution in [2.24, 2.45) is 0 Å². The third kappa shape index (κ3) is 4.27. The first-order chi connectivity index (χ1) is 7.77. The monoisotopic (exact) mass is 256 g/mol. The fourth-order valence-electron chi connectivity index (χ4n) is 0.985. The summed E-state index contributed by atoms with van der Waals surface area (Å²) < 4.78 is 4.55. The number of hydrogen-bond donors (Lipinski definition) is 1. The quantitative estimate of drug-likeness (QED) is 0.655. The fraction of sp³-hybridized carbons (Fsp3) is 0.364. The number of thiophene rings is 1. The molecule has 1 heterocycles. The number of carbonyl (C=O) groups is 1. The van der Waals surface area contributed by atoms with Gasteiger partial charge in [0, 0.05) is 16.2 Å². The Hall–Kier alpha value is -0.960. The Bertz CT molecular complexity index is 401. The van der Waals surface area contributed by atoms with Crippen molar-refractivity contribution in [1.29, 1.82) is 0 Å². The SMILES string of the molecule is COC(=O)CSCc1sccc1C#CCO. The topological polar surface area (TPSA) is 46.5 Å². The van der Waals surface area contributed by atoms with E-state index in [1.54, 1.807) is 11.3 Å². The fourth-order valence-corrected chi connectivity index (χ4v) is 2.85. The predicted molar refractivity (Wildman–Crippen MR) is 66.5 cm³/mol. The first-order valence-electron chi connectivity index (χ1n) is 4.58. The van der Waals surface area contributed by atoms with Crippen LogP contribution >= 0.6 is 23.1 Å². The zero-order valence-corrected chi connectivity index (χ0v) is 10.5. The molecule has 0 fully saturated rings. The van der Waals surface area contributed by atoms with Crippen molar-refractivity contribution in [3.05, 3.63) is 21.9 Å². The van der Waals surface area contributed by atoms with Gasteiger partial charge in [-0.3, -0.25) is 4.79 Å². The van der Waals surface area contributed by atoms with Crippen LogP contribution in [0.4, 0.5) is 0 Å². The van der Waals surface area contributed by atoms with Crippen molar-refractivity contribution in [3.8, 4) is 11.8 Å². The molecule has 0 bridgehead atoms. The summed E-state index contributed by atoms with van der Waals surface area (Å²) in [7, 11) is 1.38. The standard InChI is InChI=1S/C11H12O3S2/c1-14-11(13)8-15-7-10-9(3-2-5-12)4-6-16-10/h4,6,12H,5,7-8H2,1H3. The van der Waals surface area contributed by atoms with Gasteiger partial charge in [-0.25, -0.2) is 0 Å². The smallest absolute Gasteiger partial charge is 0.315 e. The molecule has 0 aliphatic heterocycles. The summed E-state index contributed by atoms with van der Waals surface area (Å²) in [6, 6.07) is 1.92. The zero-order chi connectivity index (χ0) is 11.8. The molecule has 16 heavy (non-hydrogen) atoms. The third-order valence-electron chi connectivity index (χ3n) is 1.73. The van der Waals surface area contributed by atoms with Crippen molar-refractivity contribution in [3.63, 3.8) is 0 Å². The van der Waals surface area contributed by atoms with E-state index in [0.717, 1.165) is 16.2 Å². The van der Waals surface area contributed by atoms with Gasteiger partial charge in [0.15, 0.2) is 0 Å². The minimum absolute atomic E-state index is 0.134. The number of aliphatic hydroxyl groups is 1. The molecular formula is C11H12O3S2. The van der Waals surface area contributed by atoms with Gasteiger partial charge in [0.2, 0.25) is 0 Å². The Morgan fingerprint density at radius 2 is 2.50 bits per heavy atom. The number of thioether (sulfide) groups is 1. The lowest BCUT2D eigenvalue weighted by molar-refractivity contribution is -0.137. The van der Waals surface area contributed by atoms with Crippen LogP contribution in [0.1, 0.15) is 10.4 Å². The first kappa shape index (κ1) is 13.1. The molecule has 1 N–H and O–H groups in total. The number of hydrogen-bond acceptors (Lipinski definition) is 5. The number of ether oxygens (including phenoxy) is 1. The second-order valence-corrected chi connectivity index (χ2v) is 4.77. The Labute approximate surface area is 103 Å². The highest BCUT2D eigenvalue weighted by molar-refractivity contribution is 7.99. The lowest BCUT2D eigenvalue weighted by Crippen LogP contribution is -2.03. The number of carbonyl (C=O) groups excluding carboxylic acids is 1. The maximum Gasteiger partial charge on any atom is 0.315 e. The Morgan fingerprint density at radius 3 is 3.19 bits per heavy atom. The van der Waals surface area contributed by atoms with E-state index < -0.39 is 0 Å². The predicted octanol–water partition coefficient (Wildman–Crippen LogP) is 1.50. The maximum absolute atomic E-state index is 10.9. The highest BCUT2D eigenvalue weighted by Crippen LogP contribution is 2.21. The molecule has 0 aliphatic rings. The third-order valence-corrected chi connectivity index (χ3v) is 3.76. The van der Waals surface area contributed by atoms with Crippen molar-refractivity contribution >= 4 is 29.1 Å². The molecule has 0 amide bonds. The van der Waals surface area contributed by atoms with Crippen LogP contribution in [-0.2, 0) is 15.3 Å². The van der Waals surface area contributed by atoms with Gasteiger partial charge in [-0.2, -0.15) is 0 Å². The van der Waals surface area contributed by atoms with Crippen molar-refractivity contribution < 1.29 is 14.6 Å². The normalized spacial score (nSPS) is 9.38. The van der Waals surface area contributed by atoms with Gasteiger partial charge in [-0.1, -0.05) is 11.8 Å². The minimum Gasteiger partial charge on any atom is -0.468 e. The van der Waals surface area contributed by atoms with Gasteiger partial charge in [-0.15, -0.1) is 23.1 Å². The van der Waals surface area contributed by atoms with Gasteiger partial charge >= 0.3 is 5.97 Å². The summed E-state index contributed by atoms with van der Waals surface area (Å²) in [5.41, 5.74) is 0.927. The Balaban J connectivity index is 2.48. The van der Waals surface area contributed by atoms with E-state index in [1.165, 1.54) is 18.9 Å². The molecule has 3 nitrogen and oxygen atoms in total. The van der Waals surface area contributed by atoms with E-state index in [2.05, 4.69) is 16.6 Å². The molecular weight excluding hydrogens is 244 g/mol.